The summed E-state index contributed by atoms with van der Waals surface area (Å²) in [5.41, 5.74) is 0.970. The number of nitrogens with zero attached hydrogens (tertiary/aromatic N) is 2. The maximum atomic E-state index is 5.42. The van der Waals surface area contributed by atoms with Gasteiger partial charge in [-0.2, -0.15) is 0 Å². The summed E-state index contributed by atoms with van der Waals surface area (Å²) in [6, 6.07) is 0. The van der Waals surface area contributed by atoms with Crippen molar-refractivity contribution in [3.63, 3.8) is 0 Å². The summed E-state index contributed by atoms with van der Waals surface area (Å²) in [7, 11) is 0. The van der Waals surface area contributed by atoms with Crippen molar-refractivity contribution < 1.29 is 4.74 Å². The molecule has 0 fully saturated rings. The second-order valence-electron chi connectivity index (χ2n) is 3.72. The van der Waals surface area contributed by atoms with Gasteiger partial charge >= 0.3 is 0 Å². The maximum absolute atomic E-state index is 5.42. The van der Waals surface area contributed by atoms with Gasteiger partial charge in [-0.15, -0.1) is 0 Å². The summed E-state index contributed by atoms with van der Waals surface area (Å²) in [5, 5.41) is 6.58. The zero-order chi connectivity index (χ0) is 12.5. The number of rotatable bonds is 8. The molecule has 2 N–H and O–H groups in total. The fourth-order valence-corrected chi connectivity index (χ4v) is 1.49. The van der Waals surface area contributed by atoms with Gasteiger partial charge in [0.2, 0.25) is 5.88 Å². The van der Waals surface area contributed by atoms with Crippen LogP contribution >= 0.6 is 0 Å². The first-order valence-corrected chi connectivity index (χ1v) is 6.18. The molecule has 1 heterocycles. The molecule has 5 heteroatoms. The van der Waals surface area contributed by atoms with Crippen LogP contribution in [0.5, 0.6) is 5.88 Å². The Hall–Kier alpha value is -1.36. The Labute approximate surface area is 103 Å². The Morgan fingerprint density at radius 3 is 2.76 bits per heavy atom. The second-order valence-corrected chi connectivity index (χ2v) is 3.72. The minimum absolute atomic E-state index is 0.623. The molecule has 0 atom stereocenters. The molecule has 0 saturated heterocycles. The maximum Gasteiger partial charge on any atom is 0.221 e. The smallest absolute Gasteiger partial charge is 0.221 e. The quantitative estimate of drug-likeness (QED) is 0.674. The molecule has 0 amide bonds. The largest absolute Gasteiger partial charge is 0.478 e. The first-order chi connectivity index (χ1) is 8.29. The molecule has 1 aromatic rings. The topological polar surface area (TPSA) is 59.1 Å². The van der Waals surface area contributed by atoms with Gasteiger partial charge in [0, 0.05) is 6.54 Å². The Bertz CT molecular complexity index is 330. The molecule has 0 aliphatic heterocycles. The number of aromatic nitrogens is 2. The van der Waals surface area contributed by atoms with Gasteiger partial charge in [0.1, 0.15) is 12.1 Å². The zero-order valence-corrected chi connectivity index (χ0v) is 10.9. The average molecular weight is 238 g/mol. The van der Waals surface area contributed by atoms with E-state index >= 15 is 0 Å². The summed E-state index contributed by atoms with van der Waals surface area (Å²) >= 11 is 0. The Balaban J connectivity index is 2.44. The third kappa shape index (κ3) is 4.56. The number of ether oxygens (including phenoxy) is 1. The highest BCUT2D eigenvalue weighted by Gasteiger charge is 2.06. The lowest BCUT2D eigenvalue weighted by Crippen LogP contribution is -2.17. The fourth-order valence-electron chi connectivity index (χ4n) is 1.49. The van der Waals surface area contributed by atoms with Gasteiger partial charge in [0.25, 0.3) is 0 Å². The van der Waals surface area contributed by atoms with E-state index in [1.807, 2.05) is 13.8 Å². The van der Waals surface area contributed by atoms with Crippen molar-refractivity contribution in [1.82, 2.24) is 15.3 Å². The van der Waals surface area contributed by atoms with Crippen molar-refractivity contribution in [2.24, 2.45) is 0 Å². The predicted molar refractivity (Wildman–Crippen MR) is 69.6 cm³/mol. The van der Waals surface area contributed by atoms with Crippen LogP contribution in [-0.2, 0) is 0 Å². The van der Waals surface area contributed by atoms with Crippen molar-refractivity contribution >= 4 is 5.82 Å². The summed E-state index contributed by atoms with van der Waals surface area (Å²) in [4.78, 5) is 8.32. The summed E-state index contributed by atoms with van der Waals surface area (Å²) in [6.07, 6.45) is 2.60. The summed E-state index contributed by atoms with van der Waals surface area (Å²) in [5.74, 6) is 1.52. The van der Waals surface area contributed by atoms with Crippen molar-refractivity contribution in [1.29, 1.82) is 0 Å². The van der Waals surface area contributed by atoms with E-state index in [2.05, 4.69) is 27.5 Å². The molecule has 5 nitrogen and oxygen atoms in total. The van der Waals surface area contributed by atoms with Crippen LogP contribution in [0.2, 0.25) is 0 Å². The van der Waals surface area contributed by atoms with Gasteiger partial charge in [-0.3, -0.25) is 0 Å². The van der Waals surface area contributed by atoms with Crippen molar-refractivity contribution in [3.05, 3.63) is 11.9 Å². The molecular formula is C12H22N4O. The highest BCUT2D eigenvalue weighted by Crippen LogP contribution is 2.19. The fraction of sp³-hybridized carbons (Fsp3) is 0.667. The van der Waals surface area contributed by atoms with Crippen molar-refractivity contribution in [2.75, 3.05) is 31.6 Å². The van der Waals surface area contributed by atoms with Crippen LogP contribution < -0.4 is 15.4 Å². The monoisotopic (exact) mass is 238 g/mol. The minimum Gasteiger partial charge on any atom is -0.478 e. The van der Waals surface area contributed by atoms with Crippen LogP contribution in [0, 0.1) is 6.92 Å². The SMILES string of the molecule is CCNCCCNc1ncnc(OCC)c1C. The molecule has 0 aliphatic carbocycles. The molecule has 0 spiro atoms. The Morgan fingerprint density at radius 2 is 2.06 bits per heavy atom. The summed E-state index contributed by atoms with van der Waals surface area (Å²) in [6.45, 7) is 9.58. The number of hydrogen-bond donors (Lipinski definition) is 2. The molecule has 0 aromatic carbocycles. The van der Waals surface area contributed by atoms with E-state index in [-0.39, 0.29) is 0 Å². The van der Waals surface area contributed by atoms with Gasteiger partial charge in [-0.05, 0) is 33.4 Å². The number of hydrogen-bond acceptors (Lipinski definition) is 5. The summed E-state index contributed by atoms with van der Waals surface area (Å²) < 4.78 is 5.42. The Morgan fingerprint density at radius 1 is 1.24 bits per heavy atom. The lowest BCUT2D eigenvalue weighted by Gasteiger charge is -2.11. The van der Waals surface area contributed by atoms with E-state index in [4.69, 9.17) is 4.74 Å². The van der Waals surface area contributed by atoms with Crippen LogP contribution in [0.3, 0.4) is 0 Å². The van der Waals surface area contributed by atoms with Crippen LogP contribution in [0.25, 0.3) is 0 Å². The van der Waals surface area contributed by atoms with E-state index in [1.165, 1.54) is 6.33 Å². The van der Waals surface area contributed by atoms with Crippen LogP contribution in [0.15, 0.2) is 6.33 Å². The van der Waals surface area contributed by atoms with E-state index in [9.17, 15) is 0 Å². The zero-order valence-electron chi connectivity index (χ0n) is 10.9. The molecular weight excluding hydrogens is 216 g/mol. The highest BCUT2D eigenvalue weighted by molar-refractivity contribution is 5.47. The van der Waals surface area contributed by atoms with E-state index in [1.54, 1.807) is 0 Å². The van der Waals surface area contributed by atoms with Crippen LogP contribution in [0.1, 0.15) is 25.8 Å². The molecule has 0 unspecified atom stereocenters. The third-order valence-electron chi connectivity index (χ3n) is 2.39. The lowest BCUT2D eigenvalue weighted by molar-refractivity contribution is 0.324. The van der Waals surface area contributed by atoms with E-state index in [0.29, 0.717) is 12.5 Å². The van der Waals surface area contributed by atoms with E-state index < -0.39 is 0 Å². The average Bonchev–Trinajstić information content (AvgIpc) is 2.33. The van der Waals surface area contributed by atoms with Gasteiger partial charge in [0.05, 0.1) is 12.2 Å². The van der Waals surface area contributed by atoms with Crippen LogP contribution in [-0.4, -0.2) is 36.2 Å². The molecule has 96 valence electrons. The molecule has 0 saturated carbocycles. The third-order valence-corrected chi connectivity index (χ3v) is 2.39. The number of anilines is 1. The second kappa shape index (κ2) is 7.84. The molecule has 1 rings (SSSR count). The van der Waals surface area contributed by atoms with Gasteiger partial charge in [-0.1, -0.05) is 6.92 Å². The molecule has 0 bridgehead atoms. The van der Waals surface area contributed by atoms with Gasteiger partial charge < -0.3 is 15.4 Å². The van der Waals surface area contributed by atoms with Crippen molar-refractivity contribution in [2.45, 2.75) is 27.2 Å². The first-order valence-electron chi connectivity index (χ1n) is 6.18. The standard InChI is InChI=1S/C12H22N4O/c1-4-13-7-6-8-14-11-10(3)12(17-5-2)16-9-15-11/h9,13H,4-8H2,1-3H3,(H,14,15,16). The minimum atomic E-state index is 0.623. The van der Waals surface area contributed by atoms with Crippen molar-refractivity contribution in [3.8, 4) is 5.88 Å². The molecule has 17 heavy (non-hydrogen) atoms. The van der Waals surface area contributed by atoms with Gasteiger partial charge in [-0.25, -0.2) is 9.97 Å². The molecule has 0 radical (unpaired) electrons. The van der Waals surface area contributed by atoms with Gasteiger partial charge in [0.15, 0.2) is 0 Å². The highest BCUT2D eigenvalue weighted by atomic mass is 16.5. The van der Waals surface area contributed by atoms with Crippen LogP contribution in [0.4, 0.5) is 5.82 Å². The normalized spacial score (nSPS) is 10.3. The van der Waals surface area contributed by atoms with E-state index in [0.717, 1.165) is 37.4 Å². The Kier molecular flexibility index (Phi) is 6.32. The predicted octanol–water partition coefficient (Wildman–Crippen LogP) is 1.60. The molecule has 1 aromatic heterocycles. The molecule has 0 aliphatic rings. The first kappa shape index (κ1) is 13.7. The number of nitrogens with one attached hydrogen (secondary N) is 2. The lowest BCUT2D eigenvalue weighted by atomic mass is 10.3.